The highest BCUT2D eigenvalue weighted by Crippen LogP contribution is 2.26. The van der Waals surface area contributed by atoms with E-state index in [0.29, 0.717) is 23.2 Å². The van der Waals surface area contributed by atoms with Crippen molar-refractivity contribution < 1.29 is 4.79 Å². The molecule has 3 atom stereocenters. The zero-order valence-electron chi connectivity index (χ0n) is 21.4. The first-order valence-electron chi connectivity index (χ1n) is 12.2. The van der Waals surface area contributed by atoms with Gasteiger partial charge in [0.1, 0.15) is 5.69 Å². The van der Waals surface area contributed by atoms with E-state index in [9.17, 15) is 9.59 Å². The fourth-order valence-corrected chi connectivity index (χ4v) is 4.23. The largest absolute Gasteiger partial charge is 0.319 e. The number of anilines is 1. The third kappa shape index (κ3) is 5.33. The van der Waals surface area contributed by atoms with Crippen molar-refractivity contribution in [1.82, 2.24) is 14.7 Å². The molecule has 0 radical (unpaired) electrons. The SMILES string of the molecule is CC[C@H](C)c1ccc([C@H](N[C@H](C)C(=O)Nc2c(C)n(C)n(-c3ccccc3)c2=O)C(C)C)cc1. The van der Waals surface area contributed by atoms with Gasteiger partial charge in [-0.25, -0.2) is 4.68 Å². The van der Waals surface area contributed by atoms with Gasteiger partial charge in [-0.2, -0.15) is 0 Å². The Morgan fingerprint density at radius 1 is 0.941 bits per heavy atom. The van der Waals surface area contributed by atoms with Crippen molar-refractivity contribution in [2.45, 2.75) is 66.0 Å². The molecule has 0 saturated carbocycles. The number of hydrogen-bond acceptors (Lipinski definition) is 3. The number of benzene rings is 2. The predicted molar refractivity (Wildman–Crippen MR) is 140 cm³/mol. The zero-order valence-corrected chi connectivity index (χ0v) is 21.4. The molecule has 0 saturated heterocycles. The number of nitrogens with one attached hydrogen (secondary N) is 2. The van der Waals surface area contributed by atoms with Crippen LogP contribution < -0.4 is 16.2 Å². The smallest absolute Gasteiger partial charge is 0.295 e. The van der Waals surface area contributed by atoms with E-state index in [1.54, 1.807) is 9.36 Å². The van der Waals surface area contributed by atoms with E-state index in [-0.39, 0.29) is 17.5 Å². The van der Waals surface area contributed by atoms with E-state index in [4.69, 9.17) is 0 Å². The summed E-state index contributed by atoms with van der Waals surface area (Å²) in [5.74, 6) is 0.588. The Morgan fingerprint density at radius 2 is 1.53 bits per heavy atom. The van der Waals surface area contributed by atoms with Crippen molar-refractivity contribution in [2.75, 3.05) is 5.32 Å². The van der Waals surface area contributed by atoms with Crippen LogP contribution in [0.5, 0.6) is 0 Å². The first-order valence-corrected chi connectivity index (χ1v) is 12.2. The number of amides is 1. The van der Waals surface area contributed by atoms with Crippen LogP contribution in [0.3, 0.4) is 0 Å². The Bertz CT molecular complexity index is 1160. The summed E-state index contributed by atoms with van der Waals surface area (Å²) in [6, 6.07) is 17.6. The number of carbonyl (C=O) groups is 1. The normalized spacial score (nSPS) is 14.1. The summed E-state index contributed by atoms with van der Waals surface area (Å²) in [5, 5.41) is 6.36. The van der Waals surface area contributed by atoms with Crippen LogP contribution in [-0.2, 0) is 11.8 Å². The second kappa shape index (κ2) is 10.9. The van der Waals surface area contributed by atoms with Gasteiger partial charge in [0.05, 0.1) is 17.4 Å². The van der Waals surface area contributed by atoms with E-state index in [1.165, 1.54) is 5.56 Å². The quantitative estimate of drug-likeness (QED) is 0.453. The molecule has 6 nitrogen and oxygen atoms in total. The maximum atomic E-state index is 13.1. The van der Waals surface area contributed by atoms with Gasteiger partial charge in [0, 0.05) is 13.1 Å². The van der Waals surface area contributed by atoms with Gasteiger partial charge >= 0.3 is 0 Å². The highest BCUT2D eigenvalue weighted by molar-refractivity contribution is 5.95. The van der Waals surface area contributed by atoms with Crippen LogP contribution in [0.2, 0.25) is 0 Å². The van der Waals surface area contributed by atoms with Gasteiger partial charge in [-0.3, -0.25) is 19.6 Å². The molecule has 3 rings (SSSR count). The summed E-state index contributed by atoms with van der Waals surface area (Å²) in [5.41, 5.74) is 4.01. The molecule has 0 aliphatic carbocycles. The molecular formula is C28H38N4O2. The lowest BCUT2D eigenvalue weighted by molar-refractivity contribution is -0.118. The second-order valence-electron chi connectivity index (χ2n) is 9.51. The molecule has 0 spiro atoms. The van der Waals surface area contributed by atoms with Crippen LogP contribution in [-0.4, -0.2) is 21.3 Å². The van der Waals surface area contributed by atoms with E-state index in [1.807, 2.05) is 51.2 Å². The Morgan fingerprint density at radius 3 is 2.09 bits per heavy atom. The summed E-state index contributed by atoms with van der Waals surface area (Å²) in [6.07, 6.45) is 1.10. The molecule has 0 aliphatic heterocycles. The molecule has 0 bridgehead atoms. The third-order valence-corrected chi connectivity index (χ3v) is 6.77. The topological polar surface area (TPSA) is 68.1 Å². The minimum absolute atomic E-state index is 0.0181. The first kappa shape index (κ1) is 25.5. The molecule has 2 N–H and O–H groups in total. The molecule has 182 valence electrons. The molecule has 34 heavy (non-hydrogen) atoms. The third-order valence-electron chi connectivity index (χ3n) is 6.77. The Kier molecular flexibility index (Phi) is 8.15. The van der Waals surface area contributed by atoms with E-state index < -0.39 is 6.04 Å². The van der Waals surface area contributed by atoms with Crippen molar-refractivity contribution in [3.05, 3.63) is 81.8 Å². The summed E-state index contributed by atoms with van der Waals surface area (Å²) in [7, 11) is 1.82. The average Bonchev–Trinajstić information content (AvgIpc) is 3.05. The molecule has 0 fully saturated rings. The van der Waals surface area contributed by atoms with Crippen molar-refractivity contribution in [3.8, 4) is 5.69 Å². The van der Waals surface area contributed by atoms with Gasteiger partial charge in [0.25, 0.3) is 5.56 Å². The second-order valence-corrected chi connectivity index (χ2v) is 9.51. The van der Waals surface area contributed by atoms with Crippen molar-refractivity contribution >= 4 is 11.6 Å². The minimum Gasteiger partial charge on any atom is -0.319 e. The minimum atomic E-state index is -0.481. The van der Waals surface area contributed by atoms with Gasteiger partial charge in [-0.1, -0.05) is 70.2 Å². The maximum Gasteiger partial charge on any atom is 0.295 e. The van der Waals surface area contributed by atoms with Crippen molar-refractivity contribution in [2.24, 2.45) is 13.0 Å². The fraction of sp³-hybridized carbons (Fsp3) is 0.429. The maximum absolute atomic E-state index is 13.1. The molecule has 1 heterocycles. The average molecular weight is 463 g/mol. The van der Waals surface area contributed by atoms with E-state index >= 15 is 0 Å². The first-order chi connectivity index (χ1) is 16.1. The lowest BCUT2D eigenvalue weighted by Crippen LogP contribution is -2.42. The lowest BCUT2D eigenvalue weighted by atomic mass is 9.91. The molecule has 1 amide bonds. The summed E-state index contributed by atoms with van der Waals surface area (Å²) in [6.45, 7) is 12.4. The molecule has 2 aromatic carbocycles. The van der Waals surface area contributed by atoms with Crippen LogP contribution in [0.1, 0.15) is 69.8 Å². The Hall–Kier alpha value is -3.12. The van der Waals surface area contributed by atoms with Crippen LogP contribution >= 0.6 is 0 Å². The number of aromatic nitrogens is 2. The summed E-state index contributed by atoms with van der Waals surface area (Å²) < 4.78 is 3.33. The van der Waals surface area contributed by atoms with Crippen LogP contribution in [0.15, 0.2) is 59.4 Å². The van der Waals surface area contributed by atoms with Gasteiger partial charge in [0.15, 0.2) is 0 Å². The molecule has 6 heteroatoms. The molecule has 3 aromatic rings. The molecule has 0 aliphatic rings. The van der Waals surface area contributed by atoms with Crippen LogP contribution in [0.25, 0.3) is 5.69 Å². The van der Waals surface area contributed by atoms with Gasteiger partial charge in [0.2, 0.25) is 5.91 Å². The fourth-order valence-electron chi connectivity index (χ4n) is 4.23. The van der Waals surface area contributed by atoms with Gasteiger partial charge in [-0.05, 0) is 55.4 Å². The molecular weight excluding hydrogens is 424 g/mol. The number of hydrogen-bond donors (Lipinski definition) is 2. The number of carbonyl (C=O) groups excluding carboxylic acids is 1. The Balaban J connectivity index is 1.78. The van der Waals surface area contributed by atoms with Crippen molar-refractivity contribution in [3.63, 3.8) is 0 Å². The molecule has 1 aromatic heterocycles. The highest BCUT2D eigenvalue weighted by Gasteiger charge is 2.24. The summed E-state index contributed by atoms with van der Waals surface area (Å²) >= 11 is 0. The Labute approximate surface area is 203 Å². The van der Waals surface area contributed by atoms with Gasteiger partial charge in [-0.15, -0.1) is 0 Å². The number of nitrogens with zero attached hydrogens (tertiary/aromatic N) is 2. The van der Waals surface area contributed by atoms with Crippen LogP contribution in [0.4, 0.5) is 5.69 Å². The number of para-hydroxylation sites is 1. The number of rotatable bonds is 9. The zero-order chi connectivity index (χ0) is 25.0. The highest BCUT2D eigenvalue weighted by atomic mass is 16.2. The molecule has 0 unspecified atom stereocenters. The lowest BCUT2D eigenvalue weighted by Gasteiger charge is -2.27. The predicted octanol–water partition coefficient (Wildman–Crippen LogP) is 5.31. The monoisotopic (exact) mass is 462 g/mol. The van der Waals surface area contributed by atoms with Gasteiger partial charge < -0.3 is 5.32 Å². The standard InChI is InChI=1S/C28H38N4O2/c1-8-19(4)22-14-16-23(17-15-22)25(18(2)3)29-20(5)27(33)30-26-21(6)31(7)32(28(26)34)24-12-10-9-11-13-24/h9-20,25,29H,8H2,1-7H3,(H,30,33)/t19-,20+,25+/m0/s1. The van der Waals surface area contributed by atoms with E-state index in [2.05, 4.69) is 62.6 Å². The van der Waals surface area contributed by atoms with E-state index in [0.717, 1.165) is 17.7 Å². The summed E-state index contributed by atoms with van der Waals surface area (Å²) in [4.78, 5) is 26.3. The van der Waals surface area contributed by atoms with Crippen molar-refractivity contribution in [1.29, 1.82) is 0 Å². The van der Waals surface area contributed by atoms with Crippen LogP contribution in [0, 0.1) is 12.8 Å².